The lowest BCUT2D eigenvalue weighted by atomic mass is 10.1. The predicted molar refractivity (Wildman–Crippen MR) is 107 cm³/mol. The lowest BCUT2D eigenvalue weighted by Gasteiger charge is -2.10. The van der Waals surface area contributed by atoms with Gasteiger partial charge in [-0.1, -0.05) is 48.5 Å². The Labute approximate surface area is 165 Å². The molecule has 0 aliphatic carbocycles. The molecular weight excluding hydrogens is 396 g/mol. The van der Waals surface area contributed by atoms with Gasteiger partial charge in [0.05, 0.1) is 17.4 Å². The summed E-state index contributed by atoms with van der Waals surface area (Å²) in [5, 5.41) is 0. The molecule has 2 aromatic carbocycles. The van der Waals surface area contributed by atoms with E-state index in [1.54, 1.807) is 18.2 Å². The average molecular weight is 410 g/mol. The van der Waals surface area contributed by atoms with E-state index >= 15 is 0 Å². The van der Waals surface area contributed by atoms with Crippen molar-refractivity contribution in [2.24, 2.45) is 0 Å². The van der Waals surface area contributed by atoms with Gasteiger partial charge in [0.15, 0.2) is 4.21 Å². The number of anilines is 1. The fourth-order valence-electron chi connectivity index (χ4n) is 2.40. The van der Waals surface area contributed by atoms with Gasteiger partial charge in [0, 0.05) is 11.6 Å². The molecular formula is C19H14N4O3S2. The summed E-state index contributed by atoms with van der Waals surface area (Å²) >= 11 is 1.01. The molecule has 140 valence electrons. The molecule has 0 fully saturated rings. The number of sulfonamides is 1. The topological polar surface area (TPSA) is 94.1 Å². The van der Waals surface area contributed by atoms with Crippen LogP contribution in [-0.4, -0.2) is 23.4 Å². The molecule has 0 saturated carbocycles. The van der Waals surface area contributed by atoms with Crippen molar-refractivity contribution in [1.29, 1.82) is 0 Å². The monoisotopic (exact) mass is 410 g/mol. The summed E-state index contributed by atoms with van der Waals surface area (Å²) in [6.07, 6.45) is 1.27. The van der Waals surface area contributed by atoms with Crippen molar-refractivity contribution in [2.45, 2.75) is 4.21 Å². The van der Waals surface area contributed by atoms with Crippen LogP contribution in [0.1, 0.15) is 0 Å². The highest BCUT2D eigenvalue weighted by molar-refractivity contribution is 7.94. The van der Waals surface area contributed by atoms with Crippen LogP contribution in [0.2, 0.25) is 0 Å². The van der Waals surface area contributed by atoms with Crippen molar-refractivity contribution in [3.8, 4) is 22.9 Å². The number of hydrogen-bond acceptors (Lipinski definition) is 7. The third kappa shape index (κ3) is 4.16. The second-order valence-electron chi connectivity index (χ2n) is 5.62. The van der Waals surface area contributed by atoms with Gasteiger partial charge in [-0.2, -0.15) is 4.98 Å². The van der Waals surface area contributed by atoms with E-state index in [1.807, 2.05) is 48.5 Å². The number of rotatable bonds is 6. The van der Waals surface area contributed by atoms with Gasteiger partial charge in [0.2, 0.25) is 11.8 Å². The zero-order valence-corrected chi connectivity index (χ0v) is 16.0. The van der Waals surface area contributed by atoms with E-state index in [1.165, 1.54) is 11.7 Å². The van der Waals surface area contributed by atoms with Crippen molar-refractivity contribution in [3.05, 3.63) is 78.4 Å². The number of nitrogens with one attached hydrogen (secondary N) is 1. The van der Waals surface area contributed by atoms with Gasteiger partial charge in [0.25, 0.3) is 10.0 Å². The molecule has 0 aliphatic heterocycles. The molecule has 0 atom stereocenters. The molecule has 0 aliphatic rings. The van der Waals surface area contributed by atoms with Gasteiger partial charge >= 0.3 is 0 Å². The Balaban J connectivity index is 1.74. The highest BCUT2D eigenvalue weighted by Crippen LogP contribution is 2.27. The highest BCUT2D eigenvalue weighted by atomic mass is 32.2. The smallest absolute Gasteiger partial charge is 0.275 e. The Morgan fingerprint density at radius 2 is 1.64 bits per heavy atom. The molecule has 4 aromatic rings. The maximum absolute atomic E-state index is 12.5. The second-order valence-corrected chi connectivity index (χ2v) is 8.42. The summed E-state index contributed by atoms with van der Waals surface area (Å²) in [6.45, 7) is 0. The molecule has 4 rings (SSSR count). The largest absolute Gasteiger partial charge is 0.439 e. The summed E-state index contributed by atoms with van der Waals surface area (Å²) < 4.78 is 33.3. The lowest BCUT2D eigenvalue weighted by Crippen LogP contribution is -2.14. The minimum atomic E-state index is -3.83. The van der Waals surface area contributed by atoms with Crippen LogP contribution in [0.5, 0.6) is 11.6 Å². The van der Waals surface area contributed by atoms with E-state index < -0.39 is 10.0 Å². The number of thiazole rings is 1. The maximum atomic E-state index is 12.5. The molecule has 9 heteroatoms. The SMILES string of the molecule is O=S(=O)(Nc1nc(Oc2ccccc2)cc(-c2ccccc2)n1)c1cncs1. The van der Waals surface area contributed by atoms with Crippen LogP contribution in [-0.2, 0) is 10.0 Å². The van der Waals surface area contributed by atoms with Crippen molar-refractivity contribution in [1.82, 2.24) is 15.0 Å². The third-order valence-electron chi connectivity index (χ3n) is 3.64. The quantitative estimate of drug-likeness (QED) is 0.512. The van der Waals surface area contributed by atoms with Gasteiger partial charge < -0.3 is 4.74 Å². The summed E-state index contributed by atoms with van der Waals surface area (Å²) in [5.41, 5.74) is 2.78. The van der Waals surface area contributed by atoms with Crippen molar-refractivity contribution in [2.75, 3.05) is 4.72 Å². The Kier molecular flexibility index (Phi) is 5.00. The summed E-state index contributed by atoms with van der Waals surface area (Å²) in [6, 6.07) is 20.1. The number of hydrogen-bond donors (Lipinski definition) is 1. The van der Waals surface area contributed by atoms with Crippen LogP contribution < -0.4 is 9.46 Å². The molecule has 0 bridgehead atoms. The molecule has 1 N–H and O–H groups in total. The molecule has 0 amide bonds. The van der Waals surface area contributed by atoms with Crippen LogP contribution >= 0.6 is 11.3 Å². The molecule has 0 unspecified atom stereocenters. The number of benzene rings is 2. The van der Waals surface area contributed by atoms with Gasteiger partial charge in [0.1, 0.15) is 5.75 Å². The molecule has 0 saturated heterocycles. The summed E-state index contributed by atoms with van der Waals surface area (Å²) in [7, 11) is -3.83. The van der Waals surface area contributed by atoms with Crippen LogP contribution in [0.3, 0.4) is 0 Å². The van der Waals surface area contributed by atoms with Gasteiger partial charge in [-0.3, -0.25) is 4.98 Å². The van der Waals surface area contributed by atoms with Crippen molar-refractivity contribution in [3.63, 3.8) is 0 Å². The van der Waals surface area contributed by atoms with Crippen molar-refractivity contribution >= 4 is 27.3 Å². The molecule has 2 aromatic heterocycles. The molecule has 7 nitrogen and oxygen atoms in total. The van der Waals surface area contributed by atoms with Crippen LogP contribution in [0, 0.1) is 0 Å². The fourth-order valence-corrected chi connectivity index (χ4v) is 4.14. The highest BCUT2D eigenvalue weighted by Gasteiger charge is 2.19. The zero-order valence-electron chi connectivity index (χ0n) is 14.4. The number of ether oxygens (including phenoxy) is 1. The summed E-state index contributed by atoms with van der Waals surface area (Å²) in [5.74, 6) is 0.721. The van der Waals surface area contributed by atoms with E-state index in [0.29, 0.717) is 11.4 Å². The predicted octanol–water partition coefficient (Wildman–Crippen LogP) is 4.19. The average Bonchev–Trinajstić information content (AvgIpc) is 3.25. The van der Waals surface area contributed by atoms with Crippen molar-refractivity contribution < 1.29 is 13.2 Å². The second kappa shape index (κ2) is 7.75. The standard InChI is InChI=1S/C19H14N4O3S2/c24-28(25,18-12-20-13-27-18)23-19-21-16(14-7-3-1-4-8-14)11-17(22-19)26-15-9-5-2-6-10-15/h1-13H,(H,21,22,23). The van der Waals surface area contributed by atoms with Crippen LogP contribution in [0.4, 0.5) is 5.95 Å². The Morgan fingerprint density at radius 1 is 0.929 bits per heavy atom. The summed E-state index contributed by atoms with van der Waals surface area (Å²) in [4.78, 5) is 12.4. The normalized spacial score (nSPS) is 11.1. The maximum Gasteiger partial charge on any atom is 0.275 e. The van der Waals surface area contributed by atoms with E-state index in [4.69, 9.17) is 4.74 Å². The minimum absolute atomic E-state index is 0.0757. The van der Waals surface area contributed by atoms with E-state index in [-0.39, 0.29) is 16.0 Å². The Bertz CT molecular complexity index is 1170. The first-order chi connectivity index (χ1) is 13.6. The lowest BCUT2D eigenvalue weighted by molar-refractivity contribution is 0.463. The first-order valence-corrected chi connectivity index (χ1v) is 10.6. The zero-order chi connectivity index (χ0) is 19.4. The number of aromatic nitrogens is 3. The minimum Gasteiger partial charge on any atom is -0.439 e. The first kappa shape index (κ1) is 18.1. The number of nitrogens with zero attached hydrogens (tertiary/aromatic N) is 3. The van der Waals surface area contributed by atoms with Crippen LogP contribution in [0.25, 0.3) is 11.3 Å². The molecule has 0 spiro atoms. The number of para-hydroxylation sites is 1. The Morgan fingerprint density at radius 3 is 2.32 bits per heavy atom. The van der Waals surface area contributed by atoms with E-state index in [0.717, 1.165) is 16.9 Å². The van der Waals surface area contributed by atoms with Gasteiger partial charge in [-0.25, -0.2) is 18.1 Å². The molecule has 28 heavy (non-hydrogen) atoms. The Hall–Kier alpha value is -3.30. The molecule has 2 heterocycles. The van der Waals surface area contributed by atoms with E-state index in [9.17, 15) is 8.42 Å². The molecule has 0 radical (unpaired) electrons. The van der Waals surface area contributed by atoms with Crippen LogP contribution in [0.15, 0.2) is 82.6 Å². The van der Waals surface area contributed by atoms with Gasteiger partial charge in [-0.05, 0) is 12.1 Å². The van der Waals surface area contributed by atoms with E-state index in [2.05, 4.69) is 19.7 Å². The third-order valence-corrected chi connectivity index (χ3v) is 6.24. The first-order valence-electron chi connectivity index (χ1n) is 8.19. The fraction of sp³-hybridized carbons (Fsp3) is 0. The van der Waals surface area contributed by atoms with Gasteiger partial charge in [-0.15, -0.1) is 11.3 Å².